The molecule has 0 saturated carbocycles. The van der Waals surface area contributed by atoms with E-state index in [4.69, 9.17) is 5.11 Å². The van der Waals surface area contributed by atoms with Crippen molar-refractivity contribution in [3.63, 3.8) is 0 Å². The third-order valence-corrected chi connectivity index (χ3v) is 2.83. The fraction of sp³-hybridized carbons (Fsp3) is 0.417. The number of aromatic amines is 1. The molecular weight excluding hydrogens is 202 g/mol. The Balaban J connectivity index is 2.09. The van der Waals surface area contributed by atoms with Crippen LogP contribution in [0.2, 0.25) is 0 Å². The van der Waals surface area contributed by atoms with Crippen LogP contribution >= 0.6 is 0 Å². The van der Waals surface area contributed by atoms with E-state index >= 15 is 0 Å². The third kappa shape index (κ3) is 2.23. The number of aliphatic hydroxyl groups is 1. The highest BCUT2D eigenvalue weighted by Gasteiger charge is 2.06. The Labute approximate surface area is 94.7 Å². The van der Waals surface area contributed by atoms with Crippen LogP contribution in [-0.2, 0) is 6.54 Å². The Morgan fingerprint density at radius 3 is 3.19 bits per heavy atom. The van der Waals surface area contributed by atoms with Crippen molar-refractivity contribution in [1.29, 1.82) is 0 Å². The SMILES string of the molecule is CC[C@H](CO)NCc1c[nH]c2ncccc12. The summed E-state index contributed by atoms with van der Waals surface area (Å²) < 4.78 is 0. The maximum Gasteiger partial charge on any atom is 0.137 e. The zero-order chi connectivity index (χ0) is 11.4. The predicted molar refractivity (Wildman–Crippen MR) is 64.1 cm³/mol. The molecule has 0 radical (unpaired) electrons. The summed E-state index contributed by atoms with van der Waals surface area (Å²) in [5.74, 6) is 0. The molecular formula is C12H17N3O. The standard InChI is InChI=1S/C12H17N3O/c1-2-10(8-16)14-6-9-7-15-12-11(9)4-3-5-13-12/h3-5,7,10,14,16H,2,6,8H2,1H3,(H,13,15)/t10-/m1/s1. The van der Waals surface area contributed by atoms with Gasteiger partial charge in [-0.25, -0.2) is 4.98 Å². The monoisotopic (exact) mass is 219 g/mol. The maximum absolute atomic E-state index is 9.09. The van der Waals surface area contributed by atoms with Crippen molar-refractivity contribution in [2.24, 2.45) is 0 Å². The number of hydrogen-bond acceptors (Lipinski definition) is 3. The van der Waals surface area contributed by atoms with E-state index in [2.05, 4.69) is 28.3 Å². The number of H-pyrrole nitrogens is 1. The summed E-state index contributed by atoms with van der Waals surface area (Å²) in [6.07, 6.45) is 4.67. The van der Waals surface area contributed by atoms with Gasteiger partial charge >= 0.3 is 0 Å². The van der Waals surface area contributed by atoms with Gasteiger partial charge < -0.3 is 15.4 Å². The van der Waals surface area contributed by atoms with E-state index in [0.29, 0.717) is 0 Å². The lowest BCUT2D eigenvalue weighted by Gasteiger charge is -2.13. The lowest BCUT2D eigenvalue weighted by atomic mass is 10.2. The van der Waals surface area contributed by atoms with E-state index in [1.54, 1.807) is 6.20 Å². The number of hydrogen-bond donors (Lipinski definition) is 3. The molecule has 3 N–H and O–H groups in total. The zero-order valence-electron chi connectivity index (χ0n) is 9.40. The lowest BCUT2D eigenvalue weighted by Crippen LogP contribution is -2.31. The fourth-order valence-electron chi connectivity index (χ4n) is 1.75. The molecule has 0 spiro atoms. The number of nitrogens with one attached hydrogen (secondary N) is 2. The van der Waals surface area contributed by atoms with E-state index in [1.807, 2.05) is 12.3 Å². The van der Waals surface area contributed by atoms with Crippen LogP contribution in [0.1, 0.15) is 18.9 Å². The smallest absolute Gasteiger partial charge is 0.137 e. The summed E-state index contributed by atoms with van der Waals surface area (Å²) >= 11 is 0. The summed E-state index contributed by atoms with van der Waals surface area (Å²) in [5.41, 5.74) is 2.10. The van der Waals surface area contributed by atoms with Crippen LogP contribution in [0.3, 0.4) is 0 Å². The molecule has 0 aromatic carbocycles. The molecule has 1 atom stereocenters. The normalized spacial score (nSPS) is 13.1. The minimum Gasteiger partial charge on any atom is -0.395 e. The van der Waals surface area contributed by atoms with Gasteiger partial charge in [-0.15, -0.1) is 0 Å². The highest BCUT2D eigenvalue weighted by molar-refractivity contribution is 5.79. The van der Waals surface area contributed by atoms with Gasteiger partial charge in [0.25, 0.3) is 0 Å². The van der Waals surface area contributed by atoms with Gasteiger partial charge in [0.1, 0.15) is 5.65 Å². The van der Waals surface area contributed by atoms with Gasteiger partial charge in [0.05, 0.1) is 6.61 Å². The molecule has 0 aliphatic rings. The number of nitrogens with zero attached hydrogens (tertiary/aromatic N) is 1. The topological polar surface area (TPSA) is 60.9 Å². The first kappa shape index (κ1) is 11.1. The average molecular weight is 219 g/mol. The van der Waals surface area contributed by atoms with Gasteiger partial charge in [0.15, 0.2) is 0 Å². The van der Waals surface area contributed by atoms with Crippen LogP contribution in [0.15, 0.2) is 24.5 Å². The lowest BCUT2D eigenvalue weighted by molar-refractivity contribution is 0.238. The highest BCUT2D eigenvalue weighted by Crippen LogP contribution is 2.15. The Morgan fingerprint density at radius 2 is 2.44 bits per heavy atom. The molecule has 2 aromatic rings. The van der Waals surface area contributed by atoms with Gasteiger partial charge in [0, 0.05) is 30.4 Å². The van der Waals surface area contributed by atoms with Crippen LogP contribution in [-0.4, -0.2) is 27.7 Å². The molecule has 16 heavy (non-hydrogen) atoms. The van der Waals surface area contributed by atoms with Gasteiger partial charge in [-0.3, -0.25) is 0 Å². The van der Waals surface area contributed by atoms with Crippen molar-refractivity contribution in [2.75, 3.05) is 6.61 Å². The van der Waals surface area contributed by atoms with E-state index in [9.17, 15) is 0 Å². The number of aliphatic hydroxyl groups excluding tert-OH is 1. The molecule has 2 heterocycles. The Kier molecular flexibility index (Phi) is 3.54. The average Bonchev–Trinajstić information content (AvgIpc) is 2.74. The summed E-state index contributed by atoms with van der Waals surface area (Å²) in [5, 5.41) is 13.5. The van der Waals surface area contributed by atoms with E-state index in [1.165, 1.54) is 5.56 Å². The van der Waals surface area contributed by atoms with Gasteiger partial charge in [-0.1, -0.05) is 6.92 Å². The molecule has 0 amide bonds. The molecule has 0 unspecified atom stereocenters. The Bertz CT molecular complexity index is 448. The zero-order valence-corrected chi connectivity index (χ0v) is 9.40. The second kappa shape index (κ2) is 5.09. The summed E-state index contributed by atoms with van der Waals surface area (Å²) in [6.45, 7) is 2.99. The van der Waals surface area contributed by atoms with Gasteiger partial charge in [-0.05, 0) is 24.1 Å². The second-order valence-corrected chi connectivity index (χ2v) is 3.88. The molecule has 0 aliphatic carbocycles. The quantitative estimate of drug-likeness (QED) is 0.712. The van der Waals surface area contributed by atoms with Crippen LogP contribution in [0, 0.1) is 0 Å². The van der Waals surface area contributed by atoms with Gasteiger partial charge in [0.2, 0.25) is 0 Å². The predicted octanol–water partition coefficient (Wildman–Crippen LogP) is 1.42. The minimum absolute atomic E-state index is 0.168. The second-order valence-electron chi connectivity index (χ2n) is 3.88. The largest absolute Gasteiger partial charge is 0.395 e. The maximum atomic E-state index is 9.09. The fourth-order valence-corrected chi connectivity index (χ4v) is 1.75. The minimum atomic E-state index is 0.168. The number of pyridine rings is 1. The van der Waals surface area contributed by atoms with Crippen LogP contribution in [0.25, 0.3) is 11.0 Å². The molecule has 0 bridgehead atoms. The molecule has 4 nitrogen and oxygen atoms in total. The molecule has 4 heteroatoms. The van der Waals surface area contributed by atoms with Crippen LogP contribution in [0.4, 0.5) is 0 Å². The van der Waals surface area contributed by atoms with Crippen LogP contribution in [0.5, 0.6) is 0 Å². The molecule has 86 valence electrons. The highest BCUT2D eigenvalue weighted by atomic mass is 16.3. The first-order chi connectivity index (χ1) is 7.85. The van der Waals surface area contributed by atoms with E-state index < -0.39 is 0 Å². The molecule has 2 rings (SSSR count). The molecule has 0 fully saturated rings. The van der Waals surface area contributed by atoms with Crippen molar-refractivity contribution in [1.82, 2.24) is 15.3 Å². The summed E-state index contributed by atoms with van der Waals surface area (Å²) in [6, 6.07) is 4.15. The van der Waals surface area contributed by atoms with Crippen LogP contribution < -0.4 is 5.32 Å². The summed E-state index contributed by atoms with van der Waals surface area (Å²) in [4.78, 5) is 7.37. The third-order valence-electron chi connectivity index (χ3n) is 2.83. The number of rotatable bonds is 5. The first-order valence-corrected chi connectivity index (χ1v) is 5.60. The first-order valence-electron chi connectivity index (χ1n) is 5.60. The van der Waals surface area contributed by atoms with Gasteiger partial charge in [-0.2, -0.15) is 0 Å². The van der Waals surface area contributed by atoms with Crippen molar-refractivity contribution in [2.45, 2.75) is 25.9 Å². The van der Waals surface area contributed by atoms with Crippen molar-refractivity contribution < 1.29 is 5.11 Å². The molecule has 2 aromatic heterocycles. The number of fused-ring (bicyclic) bond motifs is 1. The number of aromatic nitrogens is 2. The van der Waals surface area contributed by atoms with Crippen molar-refractivity contribution >= 4 is 11.0 Å². The van der Waals surface area contributed by atoms with Crippen molar-refractivity contribution in [3.8, 4) is 0 Å². The van der Waals surface area contributed by atoms with E-state index in [-0.39, 0.29) is 12.6 Å². The molecule has 0 aliphatic heterocycles. The Hall–Kier alpha value is -1.39. The molecule has 0 saturated heterocycles. The Morgan fingerprint density at radius 1 is 1.56 bits per heavy atom. The summed E-state index contributed by atoms with van der Waals surface area (Å²) in [7, 11) is 0. The van der Waals surface area contributed by atoms with E-state index in [0.717, 1.165) is 24.0 Å². The van der Waals surface area contributed by atoms with Crippen molar-refractivity contribution in [3.05, 3.63) is 30.1 Å².